The van der Waals surface area contributed by atoms with Crippen LogP contribution in [0.3, 0.4) is 0 Å². The Balaban J connectivity index is 1.31. The maximum absolute atomic E-state index is 7.63. The minimum absolute atomic E-state index is 0.0229. The number of benzene rings is 6. The van der Waals surface area contributed by atoms with Crippen LogP contribution in [0.25, 0.3) is 39.1 Å². The van der Waals surface area contributed by atoms with E-state index in [-0.39, 0.29) is 5.41 Å². The van der Waals surface area contributed by atoms with Gasteiger partial charge in [0.05, 0.1) is 14.2 Å². The first kappa shape index (κ1) is 29.8. The van der Waals surface area contributed by atoms with Crippen molar-refractivity contribution in [2.45, 2.75) is 49.5 Å². The van der Waals surface area contributed by atoms with Gasteiger partial charge < -0.3 is 14.2 Å². The number of hydrogen-bond acceptors (Lipinski definition) is 3. The molecule has 1 atom stereocenters. The Hall–Kier alpha value is -5.28. The summed E-state index contributed by atoms with van der Waals surface area (Å²) in [4.78, 5) is 0. The molecule has 0 amide bonds. The Kier molecular flexibility index (Phi) is 7.12. The summed E-state index contributed by atoms with van der Waals surface area (Å²) in [6.07, 6.45) is 12.1. The van der Waals surface area contributed by atoms with E-state index in [9.17, 15) is 0 Å². The van der Waals surface area contributed by atoms with Crippen molar-refractivity contribution in [2.75, 3.05) is 14.2 Å². The van der Waals surface area contributed by atoms with Crippen LogP contribution >= 0.6 is 0 Å². The lowest BCUT2D eigenvalue weighted by atomic mass is 9.70. The van der Waals surface area contributed by atoms with Crippen LogP contribution in [0.1, 0.15) is 66.3 Å². The summed E-state index contributed by atoms with van der Waals surface area (Å²) < 4.78 is 19.1. The number of rotatable bonds is 5. The molecule has 0 radical (unpaired) electrons. The molecule has 0 aromatic heterocycles. The van der Waals surface area contributed by atoms with Crippen LogP contribution in [0.4, 0.5) is 0 Å². The monoisotopic (exact) mass is 640 g/mol. The molecular formula is C46H40O3. The fourth-order valence-electron chi connectivity index (χ4n) is 9.06. The molecule has 6 aromatic rings. The molecule has 49 heavy (non-hydrogen) atoms. The number of methoxy groups -OCH3 is 2. The fraction of sp³-hybridized carbons (Fsp3) is 0.217. The van der Waals surface area contributed by atoms with Gasteiger partial charge in [0.25, 0.3) is 0 Å². The van der Waals surface area contributed by atoms with Gasteiger partial charge in [-0.2, -0.15) is 0 Å². The average Bonchev–Trinajstić information content (AvgIpc) is 3.27. The molecule has 3 aliphatic rings. The first-order chi connectivity index (χ1) is 24.2. The molecule has 1 spiro atoms. The quantitative estimate of drug-likeness (QED) is 0.188. The zero-order valence-corrected chi connectivity index (χ0v) is 28.2. The van der Waals surface area contributed by atoms with E-state index in [1.165, 1.54) is 70.0 Å². The molecule has 0 saturated heterocycles. The van der Waals surface area contributed by atoms with Crippen molar-refractivity contribution in [3.05, 3.63) is 155 Å². The third-order valence-corrected chi connectivity index (χ3v) is 11.3. The summed E-state index contributed by atoms with van der Waals surface area (Å²) in [5, 5.41) is 2.41. The van der Waals surface area contributed by atoms with Gasteiger partial charge in [-0.05, 0) is 69.8 Å². The van der Waals surface area contributed by atoms with E-state index >= 15 is 0 Å². The lowest BCUT2D eigenvalue weighted by molar-refractivity contribution is 0.162. The van der Waals surface area contributed by atoms with Crippen molar-refractivity contribution in [2.24, 2.45) is 0 Å². The second kappa shape index (κ2) is 11.7. The predicted octanol–water partition coefficient (Wildman–Crippen LogP) is 11.5. The molecule has 0 bridgehead atoms. The van der Waals surface area contributed by atoms with Crippen molar-refractivity contribution in [3.8, 4) is 39.5 Å². The number of fused-ring (bicyclic) bond motifs is 10. The van der Waals surface area contributed by atoms with Crippen LogP contribution in [-0.2, 0) is 11.0 Å². The summed E-state index contributed by atoms with van der Waals surface area (Å²) in [5.41, 5.74) is 10.4. The molecule has 1 saturated carbocycles. The van der Waals surface area contributed by atoms with E-state index in [4.69, 9.17) is 14.2 Å². The molecule has 1 unspecified atom stereocenters. The highest BCUT2D eigenvalue weighted by molar-refractivity contribution is 6.08. The minimum Gasteiger partial charge on any atom is -0.493 e. The largest absolute Gasteiger partial charge is 0.493 e. The fourth-order valence-corrected chi connectivity index (χ4v) is 9.06. The molecule has 1 heterocycles. The Bertz CT molecular complexity index is 2220. The molecule has 3 heteroatoms. The van der Waals surface area contributed by atoms with Gasteiger partial charge in [0.15, 0.2) is 17.1 Å². The summed E-state index contributed by atoms with van der Waals surface area (Å²) in [6.45, 7) is 0. The zero-order chi connectivity index (χ0) is 33.0. The van der Waals surface area contributed by atoms with Gasteiger partial charge in [-0.15, -0.1) is 0 Å². The first-order valence-corrected chi connectivity index (χ1v) is 17.6. The van der Waals surface area contributed by atoms with Gasteiger partial charge in [-0.25, -0.2) is 0 Å². The lowest BCUT2D eigenvalue weighted by Crippen LogP contribution is -2.35. The molecule has 2 aliphatic carbocycles. The van der Waals surface area contributed by atoms with Crippen LogP contribution in [-0.4, -0.2) is 14.2 Å². The molecule has 6 aromatic carbocycles. The SMILES string of the molecule is COc1ccc(C2(c3ccc(-c4ccccc4)cc3)C=Cc3c4c(c5ccccc5c3O2)-c2ccccc2C42CCCCCC2)cc1OC. The van der Waals surface area contributed by atoms with Gasteiger partial charge in [0, 0.05) is 27.5 Å². The highest BCUT2D eigenvalue weighted by Gasteiger charge is 2.48. The highest BCUT2D eigenvalue weighted by atomic mass is 16.5. The van der Waals surface area contributed by atoms with E-state index in [0.29, 0.717) is 11.5 Å². The normalized spacial score (nSPS) is 18.7. The van der Waals surface area contributed by atoms with Crippen LogP contribution in [0, 0.1) is 0 Å². The Morgan fingerprint density at radius 2 is 1.24 bits per heavy atom. The summed E-state index contributed by atoms with van der Waals surface area (Å²) in [7, 11) is 3.37. The van der Waals surface area contributed by atoms with Crippen LogP contribution in [0.5, 0.6) is 17.2 Å². The maximum atomic E-state index is 7.63. The van der Waals surface area contributed by atoms with E-state index < -0.39 is 5.60 Å². The second-order valence-electron chi connectivity index (χ2n) is 13.8. The van der Waals surface area contributed by atoms with Gasteiger partial charge in [-0.1, -0.05) is 141 Å². The van der Waals surface area contributed by atoms with E-state index in [1.54, 1.807) is 14.2 Å². The summed E-state index contributed by atoms with van der Waals surface area (Å²) in [5.74, 6) is 2.32. The van der Waals surface area contributed by atoms with Crippen LogP contribution in [0.15, 0.2) is 127 Å². The highest BCUT2D eigenvalue weighted by Crippen LogP contribution is 2.61. The standard InChI is InChI=1S/C46H40O3/c1-47-40-25-24-34(30-41(40)48-2)46(33-22-20-32(21-23-33)31-14-6-5-7-15-31)29-26-38-43-42(35-16-8-9-17-36(35)44(38)49-46)37-18-10-11-19-39(37)45(43)27-12-3-4-13-28-45/h5-11,14-26,29-30H,3-4,12-13,27-28H2,1-2H3. The van der Waals surface area contributed by atoms with Gasteiger partial charge in [-0.3, -0.25) is 0 Å². The van der Waals surface area contributed by atoms with E-state index in [1.807, 2.05) is 6.07 Å². The van der Waals surface area contributed by atoms with E-state index in [0.717, 1.165) is 35.1 Å². The second-order valence-corrected chi connectivity index (χ2v) is 13.8. The summed E-state index contributed by atoms with van der Waals surface area (Å²) >= 11 is 0. The first-order valence-electron chi connectivity index (χ1n) is 17.6. The predicted molar refractivity (Wildman–Crippen MR) is 200 cm³/mol. The molecule has 1 aliphatic heterocycles. The third-order valence-electron chi connectivity index (χ3n) is 11.3. The van der Waals surface area contributed by atoms with Crippen molar-refractivity contribution in [1.29, 1.82) is 0 Å². The molecule has 1 fully saturated rings. The van der Waals surface area contributed by atoms with E-state index in [2.05, 4.69) is 127 Å². The Morgan fingerprint density at radius 1 is 0.592 bits per heavy atom. The molecular weight excluding hydrogens is 601 g/mol. The average molecular weight is 641 g/mol. The summed E-state index contributed by atoms with van der Waals surface area (Å²) in [6, 6.07) is 43.6. The lowest BCUT2D eigenvalue weighted by Gasteiger charge is -2.39. The van der Waals surface area contributed by atoms with Gasteiger partial charge in [0.2, 0.25) is 0 Å². The zero-order valence-electron chi connectivity index (χ0n) is 28.2. The van der Waals surface area contributed by atoms with Gasteiger partial charge >= 0.3 is 0 Å². The minimum atomic E-state index is -0.902. The van der Waals surface area contributed by atoms with Crippen molar-refractivity contribution >= 4 is 16.8 Å². The van der Waals surface area contributed by atoms with Gasteiger partial charge in [0.1, 0.15) is 5.75 Å². The Morgan fingerprint density at radius 3 is 2.00 bits per heavy atom. The smallest absolute Gasteiger partial charge is 0.178 e. The molecule has 242 valence electrons. The Labute approximate surface area is 288 Å². The molecule has 0 N–H and O–H groups in total. The topological polar surface area (TPSA) is 27.7 Å². The van der Waals surface area contributed by atoms with Crippen LogP contribution in [0.2, 0.25) is 0 Å². The van der Waals surface area contributed by atoms with Crippen LogP contribution < -0.4 is 14.2 Å². The van der Waals surface area contributed by atoms with Crippen molar-refractivity contribution < 1.29 is 14.2 Å². The molecule has 9 rings (SSSR count). The number of ether oxygens (including phenoxy) is 3. The van der Waals surface area contributed by atoms with Crippen molar-refractivity contribution in [1.82, 2.24) is 0 Å². The maximum Gasteiger partial charge on any atom is 0.178 e. The third kappa shape index (κ3) is 4.48. The van der Waals surface area contributed by atoms with Crippen molar-refractivity contribution in [3.63, 3.8) is 0 Å². The molecule has 3 nitrogen and oxygen atoms in total. The number of hydrogen-bond donors (Lipinski definition) is 0.